The van der Waals surface area contributed by atoms with Crippen LogP contribution in [-0.4, -0.2) is 29.2 Å². The summed E-state index contributed by atoms with van der Waals surface area (Å²) in [6.45, 7) is 1.73. The predicted molar refractivity (Wildman–Crippen MR) is 91.0 cm³/mol. The Morgan fingerprint density at radius 1 is 1.26 bits per heavy atom. The highest BCUT2D eigenvalue weighted by Crippen LogP contribution is 2.28. The molecule has 120 valence electrons. The minimum atomic E-state index is -0.414. The molecule has 0 aliphatic heterocycles. The SMILES string of the molecule is COC(=O)C(C)Sc1ccccc1C(=O)Nc1ccc(Cl)cn1. The third-order valence-electron chi connectivity index (χ3n) is 2.94. The van der Waals surface area contributed by atoms with Crippen LogP contribution in [0.1, 0.15) is 17.3 Å². The molecule has 0 aliphatic carbocycles. The van der Waals surface area contributed by atoms with Gasteiger partial charge in [0.25, 0.3) is 5.91 Å². The van der Waals surface area contributed by atoms with Gasteiger partial charge in [0.05, 0.1) is 17.7 Å². The lowest BCUT2D eigenvalue weighted by Crippen LogP contribution is -2.17. The average molecular weight is 351 g/mol. The predicted octanol–water partition coefficient (Wildman–Crippen LogP) is 3.64. The topological polar surface area (TPSA) is 68.3 Å². The molecular weight excluding hydrogens is 336 g/mol. The molecule has 0 aliphatic rings. The molecule has 1 aromatic heterocycles. The number of hydrogen-bond donors (Lipinski definition) is 1. The number of esters is 1. The van der Waals surface area contributed by atoms with E-state index in [1.165, 1.54) is 25.1 Å². The second-order valence-corrected chi connectivity index (χ2v) is 6.41. The minimum Gasteiger partial charge on any atom is -0.468 e. The fraction of sp³-hybridized carbons (Fsp3) is 0.188. The number of thioether (sulfide) groups is 1. The maximum atomic E-state index is 12.4. The molecule has 1 atom stereocenters. The molecule has 0 saturated carbocycles. The Kier molecular flexibility index (Phi) is 6.01. The molecular formula is C16H15ClN2O3S. The van der Waals surface area contributed by atoms with Gasteiger partial charge in [0, 0.05) is 11.1 Å². The van der Waals surface area contributed by atoms with E-state index in [9.17, 15) is 9.59 Å². The summed E-state index contributed by atoms with van der Waals surface area (Å²) < 4.78 is 4.71. The fourth-order valence-corrected chi connectivity index (χ4v) is 2.92. The van der Waals surface area contributed by atoms with Crippen LogP contribution >= 0.6 is 23.4 Å². The number of rotatable bonds is 5. The maximum Gasteiger partial charge on any atom is 0.318 e. The highest BCUT2D eigenvalue weighted by atomic mass is 35.5. The zero-order valence-electron chi connectivity index (χ0n) is 12.6. The molecule has 0 spiro atoms. The molecule has 7 heteroatoms. The van der Waals surface area contributed by atoms with Gasteiger partial charge < -0.3 is 10.1 Å². The van der Waals surface area contributed by atoms with E-state index < -0.39 is 5.25 Å². The number of methoxy groups -OCH3 is 1. The van der Waals surface area contributed by atoms with Crippen LogP contribution < -0.4 is 5.32 Å². The first-order valence-corrected chi connectivity index (χ1v) is 8.03. The van der Waals surface area contributed by atoms with Crippen LogP contribution in [0.3, 0.4) is 0 Å². The van der Waals surface area contributed by atoms with Crippen molar-refractivity contribution >= 4 is 41.1 Å². The number of amides is 1. The molecule has 1 amide bonds. The van der Waals surface area contributed by atoms with Gasteiger partial charge in [-0.05, 0) is 31.2 Å². The quantitative estimate of drug-likeness (QED) is 0.658. The number of carbonyl (C=O) groups excluding carboxylic acids is 2. The van der Waals surface area contributed by atoms with Crippen molar-refractivity contribution < 1.29 is 14.3 Å². The Labute approximate surface area is 143 Å². The number of ether oxygens (including phenoxy) is 1. The average Bonchev–Trinajstić information content (AvgIpc) is 2.56. The van der Waals surface area contributed by atoms with E-state index in [4.69, 9.17) is 16.3 Å². The lowest BCUT2D eigenvalue weighted by atomic mass is 10.2. The van der Waals surface area contributed by atoms with Crippen molar-refractivity contribution in [3.05, 3.63) is 53.2 Å². The Bertz CT molecular complexity index is 707. The first kappa shape index (κ1) is 17.3. The van der Waals surface area contributed by atoms with Crippen molar-refractivity contribution in [3.8, 4) is 0 Å². The van der Waals surface area contributed by atoms with Gasteiger partial charge in [0.15, 0.2) is 0 Å². The number of carbonyl (C=O) groups is 2. The van der Waals surface area contributed by atoms with Crippen molar-refractivity contribution in [1.29, 1.82) is 0 Å². The van der Waals surface area contributed by atoms with Crippen LogP contribution in [0.2, 0.25) is 5.02 Å². The van der Waals surface area contributed by atoms with Crippen LogP contribution in [0.4, 0.5) is 5.82 Å². The highest BCUT2D eigenvalue weighted by Gasteiger charge is 2.19. The van der Waals surface area contributed by atoms with Gasteiger partial charge in [-0.15, -0.1) is 11.8 Å². The van der Waals surface area contributed by atoms with Gasteiger partial charge in [0.1, 0.15) is 11.1 Å². The van der Waals surface area contributed by atoms with Crippen LogP contribution in [0.15, 0.2) is 47.5 Å². The molecule has 1 unspecified atom stereocenters. The van der Waals surface area contributed by atoms with E-state index in [1.54, 1.807) is 37.3 Å². The largest absolute Gasteiger partial charge is 0.468 e. The van der Waals surface area contributed by atoms with Crippen LogP contribution in [0.25, 0.3) is 0 Å². The number of hydrogen-bond acceptors (Lipinski definition) is 5. The van der Waals surface area contributed by atoms with Crippen LogP contribution in [0.5, 0.6) is 0 Å². The van der Waals surface area contributed by atoms with Crippen molar-refractivity contribution in [2.24, 2.45) is 0 Å². The zero-order chi connectivity index (χ0) is 16.8. The number of anilines is 1. The third-order valence-corrected chi connectivity index (χ3v) is 4.32. The summed E-state index contributed by atoms with van der Waals surface area (Å²) in [6, 6.07) is 10.3. The van der Waals surface area contributed by atoms with Crippen molar-refractivity contribution in [2.75, 3.05) is 12.4 Å². The van der Waals surface area contributed by atoms with Gasteiger partial charge in [-0.2, -0.15) is 0 Å². The van der Waals surface area contributed by atoms with Gasteiger partial charge in [-0.1, -0.05) is 23.7 Å². The Hall–Kier alpha value is -2.05. The summed E-state index contributed by atoms with van der Waals surface area (Å²) >= 11 is 7.04. The fourth-order valence-electron chi connectivity index (χ4n) is 1.79. The first-order valence-electron chi connectivity index (χ1n) is 6.77. The molecule has 23 heavy (non-hydrogen) atoms. The van der Waals surface area contributed by atoms with Crippen LogP contribution in [0, 0.1) is 0 Å². The lowest BCUT2D eigenvalue weighted by Gasteiger charge is -2.12. The normalized spacial score (nSPS) is 11.6. The number of halogens is 1. The summed E-state index contributed by atoms with van der Waals surface area (Å²) in [5, 5.41) is 2.78. The van der Waals surface area contributed by atoms with Crippen molar-refractivity contribution in [3.63, 3.8) is 0 Å². The van der Waals surface area contributed by atoms with Crippen molar-refractivity contribution in [2.45, 2.75) is 17.1 Å². The monoisotopic (exact) mass is 350 g/mol. The Morgan fingerprint density at radius 3 is 2.65 bits per heavy atom. The smallest absolute Gasteiger partial charge is 0.318 e. The number of nitrogens with one attached hydrogen (secondary N) is 1. The second-order valence-electron chi connectivity index (χ2n) is 4.60. The highest BCUT2D eigenvalue weighted by molar-refractivity contribution is 8.00. The summed E-state index contributed by atoms with van der Waals surface area (Å²) in [4.78, 5) is 28.7. The van der Waals surface area contributed by atoms with Gasteiger partial charge in [0.2, 0.25) is 0 Å². The van der Waals surface area contributed by atoms with E-state index in [2.05, 4.69) is 10.3 Å². The van der Waals surface area contributed by atoms with E-state index in [0.717, 1.165) is 0 Å². The summed E-state index contributed by atoms with van der Waals surface area (Å²) in [5.41, 5.74) is 0.463. The van der Waals surface area contributed by atoms with Gasteiger partial charge in [-0.25, -0.2) is 4.98 Å². The third kappa shape index (κ3) is 4.71. The first-order chi connectivity index (χ1) is 11.0. The molecule has 0 bridgehead atoms. The minimum absolute atomic E-state index is 0.306. The van der Waals surface area contributed by atoms with Gasteiger partial charge in [-0.3, -0.25) is 9.59 Å². The Balaban J connectivity index is 2.17. The van der Waals surface area contributed by atoms with E-state index >= 15 is 0 Å². The maximum absolute atomic E-state index is 12.4. The number of benzene rings is 1. The van der Waals surface area contributed by atoms with Gasteiger partial charge >= 0.3 is 5.97 Å². The van der Waals surface area contributed by atoms with E-state index in [-0.39, 0.29) is 11.9 Å². The van der Waals surface area contributed by atoms with E-state index in [1.807, 2.05) is 6.07 Å². The molecule has 1 heterocycles. The van der Waals surface area contributed by atoms with Crippen molar-refractivity contribution in [1.82, 2.24) is 4.98 Å². The molecule has 1 aromatic carbocycles. The molecule has 0 radical (unpaired) electrons. The molecule has 5 nitrogen and oxygen atoms in total. The molecule has 2 rings (SSSR count). The zero-order valence-corrected chi connectivity index (χ0v) is 14.1. The molecule has 2 aromatic rings. The number of pyridine rings is 1. The molecule has 0 fully saturated rings. The van der Waals surface area contributed by atoms with E-state index in [0.29, 0.717) is 21.3 Å². The number of aromatic nitrogens is 1. The molecule has 1 N–H and O–H groups in total. The summed E-state index contributed by atoms with van der Waals surface area (Å²) in [5.74, 6) is -0.246. The number of nitrogens with zero attached hydrogens (tertiary/aromatic N) is 1. The lowest BCUT2D eigenvalue weighted by molar-refractivity contribution is -0.139. The summed E-state index contributed by atoms with van der Waals surface area (Å²) in [6.07, 6.45) is 1.46. The Morgan fingerprint density at radius 2 is 2.00 bits per heavy atom. The molecule has 0 saturated heterocycles. The standard InChI is InChI=1S/C16H15ClN2O3S/c1-10(16(21)22-2)23-13-6-4-3-5-12(13)15(20)19-14-8-7-11(17)9-18-14/h3-10H,1-2H3,(H,18,19,20). The van der Waals surface area contributed by atoms with Crippen LogP contribution in [-0.2, 0) is 9.53 Å². The summed E-state index contributed by atoms with van der Waals surface area (Å²) in [7, 11) is 1.34. The second kappa shape index (κ2) is 7.99.